The first-order chi connectivity index (χ1) is 10.1. The summed E-state index contributed by atoms with van der Waals surface area (Å²) in [4.78, 5) is 13.8. The second-order valence-electron chi connectivity index (χ2n) is 4.98. The molecule has 0 saturated heterocycles. The van der Waals surface area contributed by atoms with Crippen molar-refractivity contribution >= 4 is 29.0 Å². The lowest BCUT2D eigenvalue weighted by atomic mass is 9.89. The SMILES string of the molecule is O=C(O)N1CCc2ccc(Cl)cc2C1c1csc(CO)c1. The van der Waals surface area contributed by atoms with E-state index in [0.29, 0.717) is 18.0 Å². The lowest BCUT2D eigenvalue weighted by Gasteiger charge is -2.35. The average molecular weight is 324 g/mol. The van der Waals surface area contributed by atoms with Crippen LogP contribution >= 0.6 is 22.9 Å². The van der Waals surface area contributed by atoms with Crippen molar-refractivity contribution in [2.75, 3.05) is 6.54 Å². The summed E-state index contributed by atoms with van der Waals surface area (Å²) in [5.74, 6) is 0. The second-order valence-corrected chi connectivity index (χ2v) is 6.41. The monoisotopic (exact) mass is 323 g/mol. The highest BCUT2D eigenvalue weighted by molar-refractivity contribution is 7.10. The third kappa shape index (κ3) is 2.64. The fraction of sp³-hybridized carbons (Fsp3) is 0.267. The number of rotatable bonds is 2. The number of nitrogens with zero attached hydrogens (tertiary/aromatic N) is 1. The van der Waals surface area contributed by atoms with Crippen molar-refractivity contribution in [2.45, 2.75) is 19.1 Å². The topological polar surface area (TPSA) is 60.8 Å². The van der Waals surface area contributed by atoms with Gasteiger partial charge in [-0.2, -0.15) is 0 Å². The van der Waals surface area contributed by atoms with Gasteiger partial charge in [-0.1, -0.05) is 17.7 Å². The molecule has 110 valence electrons. The van der Waals surface area contributed by atoms with Gasteiger partial charge in [0.2, 0.25) is 0 Å². The highest BCUT2D eigenvalue weighted by atomic mass is 35.5. The average Bonchev–Trinajstić information content (AvgIpc) is 2.94. The molecule has 1 amide bonds. The van der Waals surface area contributed by atoms with Gasteiger partial charge in [-0.25, -0.2) is 4.79 Å². The molecule has 0 aliphatic carbocycles. The normalized spacial score (nSPS) is 17.6. The number of benzene rings is 1. The quantitative estimate of drug-likeness (QED) is 0.889. The Morgan fingerprint density at radius 3 is 2.90 bits per heavy atom. The van der Waals surface area contributed by atoms with Crippen LogP contribution in [0.3, 0.4) is 0 Å². The van der Waals surface area contributed by atoms with Crippen LogP contribution in [-0.2, 0) is 13.0 Å². The molecule has 1 aliphatic heterocycles. The van der Waals surface area contributed by atoms with E-state index in [1.807, 2.05) is 29.6 Å². The summed E-state index contributed by atoms with van der Waals surface area (Å²) < 4.78 is 0. The van der Waals surface area contributed by atoms with Crippen LogP contribution in [0.2, 0.25) is 5.02 Å². The molecule has 2 N–H and O–H groups in total. The molecule has 4 nitrogen and oxygen atoms in total. The lowest BCUT2D eigenvalue weighted by Crippen LogP contribution is -2.39. The number of carbonyl (C=O) groups is 1. The minimum absolute atomic E-state index is 0.0349. The maximum Gasteiger partial charge on any atom is 0.408 e. The lowest BCUT2D eigenvalue weighted by molar-refractivity contribution is 0.129. The van der Waals surface area contributed by atoms with Crippen molar-refractivity contribution in [3.8, 4) is 0 Å². The maximum atomic E-state index is 11.6. The van der Waals surface area contributed by atoms with Crippen molar-refractivity contribution in [3.05, 3.63) is 56.2 Å². The first-order valence-corrected chi connectivity index (χ1v) is 7.82. The molecule has 6 heteroatoms. The van der Waals surface area contributed by atoms with E-state index in [1.165, 1.54) is 16.2 Å². The van der Waals surface area contributed by atoms with Crippen LogP contribution in [-0.4, -0.2) is 27.8 Å². The highest BCUT2D eigenvalue weighted by Crippen LogP contribution is 2.38. The molecule has 1 aromatic carbocycles. The van der Waals surface area contributed by atoms with Crippen molar-refractivity contribution in [1.29, 1.82) is 0 Å². The van der Waals surface area contributed by atoms with Gasteiger partial charge in [0.25, 0.3) is 0 Å². The maximum absolute atomic E-state index is 11.6. The van der Waals surface area contributed by atoms with Gasteiger partial charge in [-0.15, -0.1) is 11.3 Å². The Kier molecular flexibility index (Phi) is 3.89. The summed E-state index contributed by atoms with van der Waals surface area (Å²) in [7, 11) is 0. The first kappa shape index (κ1) is 14.4. The summed E-state index contributed by atoms with van der Waals surface area (Å²) in [5, 5.41) is 21.2. The molecule has 3 rings (SSSR count). The zero-order valence-corrected chi connectivity index (χ0v) is 12.7. The van der Waals surface area contributed by atoms with Gasteiger partial charge in [0.05, 0.1) is 12.6 Å². The molecule has 21 heavy (non-hydrogen) atoms. The molecule has 0 fully saturated rings. The number of amides is 1. The van der Waals surface area contributed by atoms with E-state index in [1.54, 1.807) is 0 Å². The highest BCUT2D eigenvalue weighted by Gasteiger charge is 2.32. The van der Waals surface area contributed by atoms with Crippen LogP contribution in [0.1, 0.15) is 27.6 Å². The minimum Gasteiger partial charge on any atom is -0.465 e. The van der Waals surface area contributed by atoms with Crippen LogP contribution in [0.5, 0.6) is 0 Å². The molecule has 2 aromatic rings. The Balaban J connectivity index is 2.12. The summed E-state index contributed by atoms with van der Waals surface area (Å²) in [6.07, 6.45) is -0.255. The zero-order valence-electron chi connectivity index (χ0n) is 11.1. The summed E-state index contributed by atoms with van der Waals surface area (Å²) in [6.45, 7) is 0.422. The predicted octanol–water partition coefficient (Wildman–Crippen LogP) is 3.52. The molecule has 1 aromatic heterocycles. The molecular weight excluding hydrogens is 310 g/mol. The number of aliphatic hydroxyl groups excluding tert-OH is 1. The number of aliphatic hydroxyl groups is 1. The number of fused-ring (bicyclic) bond motifs is 1. The standard InChI is InChI=1S/C15H14ClNO3S/c16-11-2-1-9-3-4-17(15(19)20)14(13(9)6-11)10-5-12(7-18)21-8-10/h1-2,5-6,8,14,18H,3-4,7H2,(H,19,20). The fourth-order valence-corrected chi connectivity index (χ4v) is 3.72. The van der Waals surface area contributed by atoms with Gasteiger partial charge in [-0.05, 0) is 46.7 Å². The van der Waals surface area contributed by atoms with Crippen molar-refractivity contribution in [2.24, 2.45) is 0 Å². The van der Waals surface area contributed by atoms with E-state index >= 15 is 0 Å². The molecule has 0 radical (unpaired) electrons. The number of halogens is 1. The molecule has 1 aliphatic rings. The van der Waals surface area contributed by atoms with E-state index < -0.39 is 6.09 Å². The molecule has 1 atom stereocenters. The van der Waals surface area contributed by atoms with Crippen LogP contribution in [0.25, 0.3) is 0 Å². The van der Waals surface area contributed by atoms with E-state index in [2.05, 4.69) is 0 Å². The summed E-state index contributed by atoms with van der Waals surface area (Å²) >= 11 is 7.52. The number of hydrogen-bond acceptors (Lipinski definition) is 3. The molecule has 0 bridgehead atoms. The summed E-state index contributed by atoms with van der Waals surface area (Å²) in [6, 6.07) is 7.14. The van der Waals surface area contributed by atoms with E-state index in [0.717, 1.165) is 21.6 Å². The van der Waals surface area contributed by atoms with Crippen LogP contribution in [0.4, 0.5) is 4.79 Å². The second kappa shape index (κ2) is 5.67. The molecule has 0 spiro atoms. The van der Waals surface area contributed by atoms with Gasteiger partial charge >= 0.3 is 6.09 Å². The van der Waals surface area contributed by atoms with Crippen molar-refractivity contribution < 1.29 is 15.0 Å². The number of hydrogen-bond donors (Lipinski definition) is 2. The Morgan fingerprint density at radius 2 is 2.24 bits per heavy atom. The number of carboxylic acid groups (broad SMARTS) is 1. The van der Waals surface area contributed by atoms with Crippen LogP contribution in [0.15, 0.2) is 29.6 Å². The minimum atomic E-state index is -0.942. The van der Waals surface area contributed by atoms with E-state index in [9.17, 15) is 15.0 Å². The van der Waals surface area contributed by atoms with Gasteiger partial charge in [0, 0.05) is 16.4 Å². The first-order valence-electron chi connectivity index (χ1n) is 6.56. The molecule has 1 unspecified atom stereocenters. The smallest absolute Gasteiger partial charge is 0.408 e. The largest absolute Gasteiger partial charge is 0.465 e. The van der Waals surface area contributed by atoms with Gasteiger partial charge in [0.1, 0.15) is 0 Å². The summed E-state index contributed by atoms with van der Waals surface area (Å²) in [5.41, 5.74) is 2.94. The Labute approximate surface area is 131 Å². The van der Waals surface area contributed by atoms with Crippen molar-refractivity contribution in [1.82, 2.24) is 4.90 Å². The fourth-order valence-electron chi connectivity index (χ4n) is 2.78. The molecule has 0 saturated carbocycles. The van der Waals surface area contributed by atoms with Crippen LogP contribution < -0.4 is 0 Å². The number of thiophene rings is 1. The van der Waals surface area contributed by atoms with E-state index in [-0.39, 0.29) is 12.6 Å². The van der Waals surface area contributed by atoms with Gasteiger partial charge < -0.3 is 10.2 Å². The molecular formula is C15H14ClNO3S. The van der Waals surface area contributed by atoms with Gasteiger partial charge in [0.15, 0.2) is 0 Å². The van der Waals surface area contributed by atoms with Crippen molar-refractivity contribution in [3.63, 3.8) is 0 Å². The van der Waals surface area contributed by atoms with E-state index in [4.69, 9.17) is 11.6 Å². The third-order valence-electron chi connectivity index (χ3n) is 3.73. The third-order valence-corrected chi connectivity index (χ3v) is 4.90. The predicted molar refractivity (Wildman–Crippen MR) is 82.0 cm³/mol. The van der Waals surface area contributed by atoms with Crippen LogP contribution in [0, 0.1) is 0 Å². The Morgan fingerprint density at radius 1 is 1.43 bits per heavy atom. The Hall–Kier alpha value is -1.56. The van der Waals surface area contributed by atoms with Gasteiger partial charge in [-0.3, -0.25) is 4.90 Å². The zero-order chi connectivity index (χ0) is 15.0. The molecule has 2 heterocycles. The Bertz CT molecular complexity index is 685.